The summed E-state index contributed by atoms with van der Waals surface area (Å²) in [4.78, 5) is 44.1. The van der Waals surface area contributed by atoms with Crippen molar-refractivity contribution in [2.24, 2.45) is 5.92 Å². The quantitative estimate of drug-likeness (QED) is 0.208. The zero-order valence-electron chi connectivity index (χ0n) is 17.0. The Labute approximate surface area is 182 Å². The van der Waals surface area contributed by atoms with E-state index in [-0.39, 0.29) is 47.0 Å². The second kappa shape index (κ2) is 11.8. The minimum Gasteiger partial charge on any atom is -0.481 e. The van der Waals surface area contributed by atoms with Gasteiger partial charge >= 0.3 is 5.97 Å². The summed E-state index contributed by atoms with van der Waals surface area (Å²) in [6.45, 7) is -2.38. The monoisotopic (exact) mass is 448 g/mol. The molecule has 172 valence electrons. The van der Waals surface area contributed by atoms with Gasteiger partial charge in [-0.25, -0.2) is 0 Å². The van der Waals surface area contributed by atoms with Gasteiger partial charge in [0.25, 0.3) is 11.8 Å². The maximum atomic E-state index is 12.4. The molecule has 0 fully saturated rings. The minimum absolute atomic E-state index is 0.0890. The van der Waals surface area contributed by atoms with Gasteiger partial charge < -0.3 is 36.2 Å². The van der Waals surface area contributed by atoms with Crippen molar-refractivity contribution in [2.45, 2.75) is 26.4 Å². The van der Waals surface area contributed by atoms with Gasteiger partial charge in [-0.15, -0.1) is 0 Å². The number of carbonyl (C=O) groups is 3. The van der Waals surface area contributed by atoms with Gasteiger partial charge in [0.05, 0.1) is 55.1 Å². The van der Waals surface area contributed by atoms with Crippen LogP contribution in [0.25, 0.3) is 0 Å². The molecule has 2 rings (SSSR count). The van der Waals surface area contributed by atoms with Gasteiger partial charge in [0, 0.05) is 24.2 Å². The number of aliphatic hydroxyl groups is 4. The third kappa shape index (κ3) is 6.78. The molecule has 0 spiro atoms. The number of rotatable bonds is 11. The Kier molecular flexibility index (Phi) is 9.16. The lowest BCUT2D eigenvalue weighted by molar-refractivity contribution is -0.141. The first kappa shape index (κ1) is 24.8. The lowest BCUT2D eigenvalue weighted by Gasteiger charge is -2.15. The van der Waals surface area contributed by atoms with Gasteiger partial charge in [-0.2, -0.15) is 0 Å². The van der Waals surface area contributed by atoms with Crippen LogP contribution in [0, 0.1) is 5.92 Å². The van der Waals surface area contributed by atoms with Gasteiger partial charge in [0.15, 0.2) is 0 Å². The van der Waals surface area contributed by atoms with Crippen molar-refractivity contribution in [1.29, 1.82) is 0 Å². The first-order chi connectivity index (χ1) is 15.3. The largest absolute Gasteiger partial charge is 0.481 e. The highest BCUT2D eigenvalue weighted by molar-refractivity contribution is 5.95. The molecule has 7 N–H and O–H groups in total. The highest BCUT2D eigenvalue weighted by Gasteiger charge is 2.21. The Morgan fingerprint density at radius 2 is 1.00 bits per heavy atom. The number of hydrogen-bond donors (Lipinski definition) is 7. The molecule has 32 heavy (non-hydrogen) atoms. The molecule has 0 saturated carbocycles. The molecule has 2 aromatic heterocycles. The van der Waals surface area contributed by atoms with Crippen molar-refractivity contribution in [3.8, 4) is 0 Å². The SMILES string of the molecule is O=C(NCC(CNC(=O)c1cc(CO)nc(CO)c1)C(=O)O)c1cc(CO)nc(CO)c1. The first-order valence-electron chi connectivity index (χ1n) is 9.53. The summed E-state index contributed by atoms with van der Waals surface area (Å²) in [6.07, 6.45) is 0. The number of pyridine rings is 2. The standard InChI is InChI=1S/C20H24N4O8/c25-7-14-1-11(2-15(8-26)23-14)18(29)21-5-13(20(31)32)6-22-19(30)12-3-16(9-27)24-17(4-12)10-28/h1-4,13,25-28H,5-10H2,(H,21,29)(H,22,30)(H,31,32). The highest BCUT2D eigenvalue weighted by Crippen LogP contribution is 2.09. The molecular weight excluding hydrogens is 424 g/mol. The summed E-state index contributed by atoms with van der Waals surface area (Å²) < 4.78 is 0. The van der Waals surface area contributed by atoms with Crippen LogP contribution < -0.4 is 10.6 Å². The average Bonchev–Trinajstić information content (AvgIpc) is 2.82. The van der Waals surface area contributed by atoms with Crippen molar-refractivity contribution in [3.63, 3.8) is 0 Å². The number of carboxylic acid groups (broad SMARTS) is 1. The van der Waals surface area contributed by atoms with E-state index in [1.807, 2.05) is 0 Å². The Bertz CT molecular complexity index is 866. The Hall–Kier alpha value is -3.45. The number of carbonyl (C=O) groups excluding carboxylic acids is 2. The molecule has 12 nitrogen and oxygen atoms in total. The normalized spacial score (nSPS) is 10.8. The van der Waals surface area contributed by atoms with Crippen molar-refractivity contribution in [3.05, 3.63) is 58.2 Å². The summed E-state index contributed by atoms with van der Waals surface area (Å²) in [6, 6.07) is 5.25. The number of aliphatic carboxylic acids is 1. The molecule has 2 amide bonds. The van der Waals surface area contributed by atoms with Gasteiger partial charge in [0.2, 0.25) is 0 Å². The topological polar surface area (TPSA) is 202 Å². The lowest BCUT2D eigenvalue weighted by Crippen LogP contribution is -2.40. The Balaban J connectivity index is 2.02. The summed E-state index contributed by atoms with van der Waals surface area (Å²) in [5.74, 6) is -3.68. The molecule has 0 saturated heterocycles. The molecular formula is C20H24N4O8. The van der Waals surface area contributed by atoms with E-state index in [0.29, 0.717) is 0 Å². The molecule has 0 bridgehead atoms. The number of carboxylic acids is 1. The number of amides is 2. The molecule has 0 radical (unpaired) electrons. The van der Waals surface area contributed by atoms with E-state index in [2.05, 4.69) is 20.6 Å². The predicted molar refractivity (Wildman–Crippen MR) is 108 cm³/mol. The lowest BCUT2D eigenvalue weighted by atomic mass is 10.1. The maximum absolute atomic E-state index is 12.4. The van der Waals surface area contributed by atoms with Gasteiger partial charge in [-0.05, 0) is 24.3 Å². The van der Waals surface area contributed by atoms with Crippen LogP contribution in [0.4, 0.5) is 0 Å². The average molecular weight is 448 g/mol. The van der Waals surface area contributed by atoms with Crippen LogP contribution in [0.3, 0.4) is 0 Å². The summed E-state index contributed by atoms with van der Waals surface area (Å²) in [5.41, 5.74) is 0.865. The zero-order chi connectivity index (χ0) is 23.7. The van der Waals surface area contributed by atoms with Crippen LogP contribution >= 0.6 is 0 Å². The van der Waals surface area contributed by atoms with Crippen molar-refractivity contribution >= 4 is 17.8 Å². The second-order valence-electron chi connectivity index (χ2n) is 6.76. The predicted octanol–water partition coefficient (Wildman–Crippen LogP) is -1.69. The summed E-state index contributed by atoms with van der Waals surface area (Å²) in [7, 11) is 0. The second-order valence-corrected chi connectivity index (χ2v) is 6.76. The number of nitrogens with one attached hydrogen (secondary N) is 2. The van der Waals surface area contributed by atoms with Gasteiger partial charge in [-0.1, -0.05) is 0 Å². The van der Waals surface area contributed by atoms with Crippen LogP contribution in [-0.2, 0) is 31.2 Å². The number of aliphatic hydroxyl groups excluding tert-OH is 4. The van der Waals surface area contributed by atoms with Gasteiger partial charge in [-0.3, -0.25) is 24.4 Å². The van der Waals surface area contributed by atoms with E-state index in [4.69, 9.17) is 0 Å². The molecule has 0 aliphatic heterocycles. The maximum Gasteiger partial charge on any atom is 0.310 e. The minimum atomic E-state index is -1.26. The van der Waals surface area contributed by atoms with Crippen molar-refractivity contribution in [1.82, 2.24) is 20.6 Å². The fraction of sp³-hybridized carbons (Fsp3) is 0.350. The summed E-state index contributed by atoms with van der Waals surface area (Å²) in [5, 5.41) is 51.1. The van der Waals surface area contributed by atoms with E-state index in [1.165, 1.54) is 24.3 Å². The molecule has 2 heterocycles. The van der Waals surface area contributed by atoms with Crippen LogP contribution in [-0.4, -0.2) is 66.4 Å². The fourth-order valence-electron chi connectivity index (χ4n) is 2.77. The molecule has 0 aliphatic rings. The molecule has 0 unspecified atom stereocenters. The third-order valence-corrected chi connectivity index (χ3v) is 4.40. The molecule has 12 heteroatoms. The van der Waals surface area contributed by atoms with E-state index in [9.17, 15) is 39.9 Å². The van der Waals surface area contributed by atoms with Crippen LogP contribution in [0.2, 0.25) is 0 Å². The van der Waals surface area contributed by atoms with Crippen LogP contribution in [0.5, 0.6) is 0 Å². The van der Waals surface area contributed by atoms with Crippen LogP contribution in [0.1, 0.15) is 43.5 Å². The number of hydrogen-bond acceptors (Lipinski definition) is 9. The van der Waals surface area contributed by atoms with Crippen molar-refractivity contribution in [2.75, 3.05) is 13.1 Å². The highest BCUT2D eigenvalue weighted by atomic mass is 16.4. The number of nitrogens with zero attached hydrogens (tertiary/aromatic N) is 2. The van der Waals surface area contributed by atoms with E-state index in [0.717, 1.165) is 0 Å². The zero-order valence-corrected chi connectivity index (χ0v) is 17.0. The van der Waals surface area contributed by atoms with Crippen molar-refractivity contribution < 1.29 is 39.9 Å². The molecule has 2 aromatic rings. The summed E-state index contributed by atoms with van der Waals surface area (Å²) >= 11 is 0. The molecule has 0 atom stereocenters. The number of aromatic nitrogens is 2. The van der Waals surface area contributed by atoms with E-state index >= 15 is 0 Å². The van der Waals surface area contributed by atoms with Gasteiger partial charge in [0.1, 0.15) is 0 Å². The first-order valence-corrected chi connectivity index (χ1v) is 9.53. The van der Waals surface area contributed by atoms with Crippen LogP contribution in [0.15, 0.2) is 24.3 Å². The Morgan fingerprint density at radius 3 is 1.25 bits per heavy atom. The molecule has 0 aromatic carbocycles. The third-order valence-electron chi connectivity index (χ3n) is 4.40. The van der Waals surface area contributed by atoms with E-state index in [1.54, 1.807) is 0 Å². The Morgan fingerprint density at radius 1 is 0.688 bits per heavy atom. The smallest absolute Gasteiger partial charge is 0.310 e. The molecule has 0 aliphatic carbocycles. The fourth-order valence-corrected chi connectivity index (χ4v) is 2.77. The van der Waals surface area contributed by atoms with E-state index < -0.39 is 50.1 Å².